The highest BCUT2D eigenvalue weighted by Gasteiger charge is 2.19. The van der Waals surface area contributed by atoms with Gasteiger partial charge in [0, 0.05) is 19.3 Å². The highest BCUT2D eigenvalue weighted by molar-refractivity contribution is 5.71. The fourth-order valence-corrected chi connectivity index (χ4v) is 5.04. The van der Waals surface area contributed by atoms with E-state index in [4.69, 9.17) is 14.2 Å². The molecule has 57 heavy (non-hydrogen) atoms. The van der Waals surface area contributed by atoms with Gasteiger partial charge >= 0.3 is 17.9 Å². The molecule has 316 valence electrons. The predicted octanol–water partition coefficient (Wildman–Crippen LogP) is 14.0. The monoisotopic (exact) mass is 785 g/mol. The second-order valence-corrected chi connectivity index (χ2v) is 13.6. The molecule has 0 saturated carbocycles. The van der Waals surface area contributed by atoms with Crippen molar-refractivity contribution in [2.24, 2.45) is 0 Å². The number of ether oxygens (including phenoxy) is 3. The first-order valence-electron chi connectivity index (χ1n) is 21.8. The molecule has 6 heteroatoms. The van der Waals surface area contributed by atoms with Crippen LogP contribution < -0.4 is 0 Å². The van der Waals surface area contributed by atoms with Crippen LogP contribution >= 0.6 is 0 Å². The van der Waals surface area contributed by atoms with E-state index in [2.05, 4.69) is 99.8 Å². The molecule has 0 N–H and O–H groups in total. The summed E-state index contributed by atoms with van der Waals surface area (Å²) in [6.45, 7) is 6.15. The lowest BCUT2D eigenvalue weighted by molar-refractivity contribution is -0.166. The maximum atomic E-state index is 12.7. The Morgan fingerprint density at radius 2 is 0.772 bits per heavy atom. The third-order valence-corrected chi connectivity index (χ3v) is 8.25. The molecule has 0 radical (unpaired) electrons. The van der Waals surface area contributed by atoms with Gasteiger partial charge in [-0.25, -0.2) is 0 Å². The fraction of sp³-hybridized carbons (Fsp3) is 0.510. The summed E-state index contributed by atoms with van der Waals surface area (Å²) in [5.41, 5.74) is 0. The number of unbranched alkanes of at least 4 members (excludes halogenated alkanes) is 7. The van der Waals surface area contributed by atoms with Crippen molar-refractivity contribution in [2.75, 3.05) is 13.2 Å². The highest BCUT2D eigenvalue weighted by Crippen LogP contribution is 2.09. The van der Waals surface area contributed by atoms with E-state index in [-0.39, 0.29) is 44.4 Å². The molecule has 0 rings (SSSR count). The molecule has 1 unspecified atom stereocenters. The molecule has 1 atom stereocenters. The van der Waals surface area contributed by atoms with Gasteiger partial charge in [0.25, 0.3) is 0 Å². The fourth-order valence-electron chi connectivity index (χ4n) is 5.04. The Bertz CT molecular complexity index is 1320. The van der Waals surface area contributed by atoms with Gasteiger partial charge in [0.15, 0.2) is 6.10 Å². The van der Waals surface area contributed by atoms with Crippen molar-refractivity contribution in [1.82, 2.24) is 0 Å². The largest absolute Gasteiger partial charge is 0.462 e. The normalized spacial score (nSPS) is 13.4. The van der Waals surface area contributed by atoms with Crippen LogP contribution in [-0.4, -0.2) is 37.2 Å². The third kappa shape index (κ3) is 42.5. The standard InChI is InChI=1S/C51H76O6/c1-4-7-10-13-16-19-21-23-24-25-26-28-29-32-35-38-41-44-50(53)56-47-48(46-55-49(52)43-40-37-34-31-18-15-12-9-6-3)57-51(54)45-42-39-36-33-30-27-22-20-17-14-11-8-5-2/h7-8,10-11,14,16-17,19-20,22-24,26-28,30-36,48H,4-6,9,12-13,15,18,21,25,29,37-47H2,1-3H3/b10-7-,11-8-,17-14-,19-16-,22-20-,24-23-,28-26-,30-27-,34-31-,35-32-,36-33-. The average Bonchev–Trinajstić information content (AvgIpc) is 3.21. The number of allylic oxidation sites excluding steroid dienone is 22. The van der Waals surface area contributed by atoms with Gasteiger partial charge in [-0.1, -0.05) is 174 Å². The highest BCUT2D eigenvalue weighted by atomic mass is 16.6. The van der Waals surface area contributed by atoms with Gasteiger partial charge in [0.2, 0.25) is 0 Å². The lowest BCUT2D eigenvalue weighted by atomic mass is 10.1. The van der Waals surface area contributed by atoms with E-state index in [1.807, 2.05) is 54.7 Å². The van der Waals surface area contributed by atoms with Crippen LogP contribution in [0.25, 0.3) is 0 Å². The van der Waals surface area contributed by atoms with Crippen LogP contribution in [-0.2, 0) is 28.6 Å². The van der Waals surface area contributed by atoms with Gasteiger partial charge in [-0.15, -0.1) is 0 Å². The van der Waals surface area contributed by atoms with E-state index in [9.17, 15) is 14.4 Å². The minimum Gasteiger partial charge on any atom is -0.462 e. The van der Waals surface area contributed by atoms with Gasteiger partial charge in [0.05, 0.1) is 0 Å². The first kappa shape index (κ1) is 52.5. The van der Waals surface area contributed by atoms with Crippen LogP contribution in [0.2, 0.25) is 0 Å². The van der Waals surface area contributed by atoms with Crippen LogP contribution in [0.1, 0.15) is 149 Å². The molecule has 0 fully saturated rings. The van der Waals surface area contributed by atoms with Crippen molar-refractivity contribution < 1.29 is 28.6 Å². The summed E-state index contributed by atoms with van der Waals surface area (Å²) in [6.07, 6.45) is 61.7. The molecular weight excluding hydrogens is 709 g/mol. The first-order chi connectivity index (χ1) is 28.0. The van der Waals surface area contributed by atoms with Crippen LogP contribution in [0, 0.1) is 0 Å². The number of hydrogen-bond acceptors (Lipinski definition) is 6. The zero-order valence-corrected chi connectivity index (χ0v) is 35.8. The molecule has 0 aromatic rings. The summed E-state index contributed by atoms with van der Waals surface area (Å²) in [6, 6.07) is 0. The second-order valence-electron chi connectivity index (χ2n) is 13.6. The third-order valence-electron chi connectivity index (χ3n) is 8.25. The topological polar surface area (TPSA) is 78.9 Å². The Hall–Kier alpha value is -4.45. The summed E-state index contributed by atoms with van der Waals surface area (Å²) in [4.78, 5) is 37.6. The van der Waals surface area contributed by atoms with Crippen molar-refractivity contribution in [3.05, 3.63) is 134 Å². The van der Waals surface area contributed by atoms with E-state index in [0.29, 0.717) is 25.7 Å². The van der Waals surface area contributed by atoms with Crippen LogP contribution in [0.3, 0.4) is 0 Å². The molecule has 0 aliphatic rings. The number of esters is 3. The van der Waals surface area contributed by atoms with E-state index in [1.165, 1.54) is 25.7 Å². The molecule has 0 aliphatic carbocycles. The van der Waals surface area contributed by atoms with Crippen LogP contribution in [0.4, 0.5) is 0 Å². The number of carbonyl (C=O) groups is 3. The molecule has 0 bridgehead atoms. The van der Waals surface area contributed by atoms with E-state index >= 15 is 0 Å². The second kappa shape index (κ2) is 44.3. The molecule has 0 spiro atoms. The summed E-state index contributed by atoms with van der Waals surface area (Å²) in [5, 5.41) is 0. The molecule has 0 saturated heterocycles. The molecule has 0 aromatic carbocycles. The van der Waals surface area contributed by atoms with E-state index in [0.717, 1.165) is 57.8 Å². The van der Waals surface area contributed by atoms with Crippen molar-refractivity contribution >= 4 is 17.9 Å². The lowest BCUT2D eigenvalue weighted by Crippen LogP contribution is -2.30. The van der Waals surface area contributed by atoms with Crippen LogP contribution in [0.5, 0.6) is 0 Å². The van der Waals surface area contributed by atoms with Crippen molar-refractivity contribution in [1.29, 1.82) is 0 Å². The zero-order chi connectivity index (χ0) is 41.5. The first-order valence-corrected chi connectivity index (χ1v) is 21.8. The Balaban J connectivity index is 4.63. The Labute approximate surface area is 347 Å². The number of hydrogen-bond donors (Lipinski definition) is 0. The minimum absolute atomic E-state index is 0.145. The van der Waals surface area contributed by atoms with Gasteiger partial charge in [-0.05, 0) is 89.9 Å². The Morgan fingerprint density at radius 3 is 1.26 bits per heavy atom. The molecule has 0 aliphatic heterocycles. The van der Waals surface area contributed by atoms with E-state index < -0.39 is 12.1 Å². The molecule has 0 amide bonds. The van der Waals surface area contributed by atoms with Gasteiger partial charge in [-0.3, -0.25) is 14.4 Å². The maximum absolute atomic E-state index is 12.7. The average molecular weight is 785 g/mol. The molecule has 0 aromatic heterocycles. The molecule has 0 heterocycles. The van der Waals surface area contributed by atoms with E-state index in [1.54, 1.807) is 0 Å². The Kier molecular flexibility index (Phi) is 40.8. The minimum atomic E-state index is -0.851. The molecular formula is C51H76O6. The van der Waals surface area contributed by atoms with Crippen LogP contribution in [0.15, 0.2) is 134 Å². The SMILES string of the molecule is CC\C=C/C=C\C=C/C=C\C=C/CCCC(=O)OC(COC(=O)CCC/C=C\C/C=C\C/C=C\C/C=C\C/C=C\CC)COC(=O)CCC/C=C\CCCCCC. The summed E-state index contributed by atoms with van der Waals surface area (Å²) >= 11 is 0. The lowest BCUT2D eigenvalue weighted by Gasteiger charge is -2.18. The van der Waals surface area contributed by atoms with Gasteiger partial charge < -0.3 is 14.2 Å². The van der Waals surface area contributed by atoms with Crippen molar-refractivity contribution in [2.45, 2.75) is 155 Å². The number of carbonyl (C=O) groups excluding carboxylic acids is 3. The summed E-state index contributed by atoms with van der Waals surface area (Å²) in [7, 11) is 0. The molecule has 6 nitrogen and oxygen atoms in total. The van der Waals surface area contributed by atoms with Gasteiger partial charge in [-0.2, -0.15) is 0 Å². The van der Waals surface area contributed by atoms with Gasteiger partial charge in [0.1, 0.15) is 13.2 Å². The predicted molar refractivity (Wildman–Crippen MR) is 242 cm³/mol. The maximum Gasteiger partial charge on any atom is 0.306 e. The quantitative estimate of drug-likeness (QED) is 0.0207. The zero-order valence-electron chi connectivity index (χ0n) is 35.8. The number of rotatable bonds is 36. The smallest absolute Gasteiger partial charge is 0.306 e. The summed E-state index contributed by atoms with van der Waals surface area (Å²) < 4.78 is 16.5. The van der Waals surface area contributed by atoms with Crippen molar-refractivity contribution in [3.63, 3.8) is 0 Å². The summed E-state index contributed by atoms with van der Waals surface area (Å²) in [5.74, 6) is -1.13. The van der Waals surface area contributed by atoms with Crippen molar-refractivity contribution in [3.8, 4) is 0 Å². The Morgan fingerprint density at radius 1 is 0.386 bits per heavy atom.